The van der Waals surface area contributed by atoms with Crippen LogP contribution < -0.4 is 0 Å². The molecule has 0 saturated carbocycles. The molecule has 5 rings (SSSR count). The van der Waals surface area contributed by atoms with Crippen LogP contribution in [0.1, 0.15) is 23.2 Å². The number of nitrogens with zero attached hydrogens (tertiary/aromatic N) is 2. The van der Waals surface area contributed by atoms with Gasteiger partial charge in [0, 0.05) is 44.9 Å². The number of hydrogen-bond acceptors (Lipinski definition) is 3. The molecule has 0 N–H and O–H groups in total. The first kappa shape index (κ1) is 18.2. The Morgan fingerprint density at radius 1 is 1.00 bits per heavy atom. The summed E-state index contributed by atoms with van der Waals surface area (Å²) in [5, 5.41) is 0. The van der Waals surface area contributed by atoms with Gasteiger partial charge in [0.15, 0.2) is 0 Å². The smallest absolute Gasteiger partial charge is 0.253 e. The number of benzene rings is 2. The monoisotopic (exact) mass is 364 g/mol. The molecule has 2 atom stereocenters. The van der Waals surface area contributed by atoms with E-state index in [-0.39, 0.29) is 5.91 Å². The van der Waals surface area contributed by atoms with Gasteiger partial charge in [-0.1, -0.05) is 42.5 Å². The summed E-state index contributed by atoms with van der Waals surface area (Å²) in [4.78, 5) is 17.9. The van der Waals surface area contributed by atoms with Gasteiger partial charge in [0.1, 0.15) is 0 Å². The molecule has 2 aromatic rings. The van der Waals surface area contributed by atoms with Crippen LogP contribution in [0.25, 0.3) is 11.1 Å². The predicted molar refractivity (Wildman–Crippen MR) is 108 cm³/mol. The fourth-order valence-corrected chi connectivity index (χ4v) is 4.47. The molecule has 1 amide bonds. The normalized spacial score (nSPS) is 22.6. The molecule has 2 aromatic carbocycles. The van der Waals surface area contributed by atoms with Crippen molar-refractivity contribution in [3.05, 3.63) is 60.2 Å². The lowest BCUT2D eigenvalue weighted by Crippen LogP contribution is -2.45. The van der Waals surface area contributed by atoms with E-state index in [2.05, 4.69) is 28.0 Å². The Hall–Kier alpha value is -2.17. The van der Waals surface area contributed by atoms with E-state index in [0.29, 0.717) is 12.0 Å². The van der Waals surface area contributed by atoms with E-state index >= 15 is 0 Å². The van der Waals surface area contributed by atoms with Crippen LogP contribution in [0, 0.1) is 5.92 Å². The maximum atomic E-state index is 13.3. The van der Waals surface area contributed by atoms with Crippen LogP contribution >= 0.6 is 0 Å². The lowest BCUT2D eigenvalue weighted by atomic mass is 9.95. The molecule has 4 heteroatoms. The van der Waals surface area contributed by atoms with E-state index < -0.39 is 0 Å². The second kappa shape index (κ2) is 8.24. The molecule has 3 aliphatic heterocycles. The zero-order valence-corrected chi connectivity index (χ0v) is 16.0. The number of carbonyl (C=O) groups is 1. The first-order valence-electron chi connectivity index (χ1n) is 9.92. The van der Waals surface area contributed by atoms with Crippen molar-refractivity contribution >= 4 is 5.91 Å². The summed E-state index contributed by atoms with van der Waals surface area (Å²) < 4.78 is 5.27. The fourth-order valence-electron chi connectivity index (χ4n) is 4.47. The molecule has 0 spiro atoms. The fraction of sp³-hybridized carbons (Fsp3) is 0.435. The van der Waals surface area contributed by atoms with Gasteiger partial charge in [0.25, 0.3) is 5.91 Å². The minimum atomic E-state index is 0.165. The third-order valence-electron chi connectivity index (χ3n) is 5.91. The molecule has 3 heterocycles. The van der Waals surface area contributed by atoms with E-state index in [1.54, 1.807) is 7.11 Å². The van der Waals surface area contributed by atoms with Crippen LogP contribution in [-0.2, 0) is 4.74 Å². The van der Waals surface area contributed by atoms with Crippen LogP contribution in [0.2, 0.25) is 0 Å². The molecule has 27 heavy (non-hydrogen) atoms. The highest BCUT2D eigenvalue weighted by molar-refractivity contribution is 5.95. The number of methoxy groups -OCH3 is 1. The molecule has 142 valence electrons. The lowest BCUT2D eigenvalue weighted by molar-refractivity contribution is 0.0718. The van der Waals surface area contributed by atoms with Crippen molar-refractivity contribution in [1.29, 1.82) is 0 Å². The Bertz CT molecular complexity index is 777. The highest BCUT2D eigenvalue weighted by Gasteiger charge is 2.36. The van der Waals surface area contributed by atoms with E-state index in [1.807, 2.05) is 36.4 Å². The summed E-state index contributed by atoms with van der Waals surface area (Å²) in [6.07, 6.45) is 2.41. The first-order chi connectivity index (χ1) is 13.2. The van der Waals surface area contributed by atoms with Gasteiger partial charge in [-0.15, -0.1) is 0 Å². The van der Waals surface area contributed by atoms with Gasteiger partial charge >= 0.3 is 0 Å². The second-order valence-electron chi connectivity index (χ2n) is 7.74. The van der Waals surface area contributed by atoms with Crippen LogP contribution in [-0.4, -0.2) is 61.6 Å². The largest absolute Gasteiger partial charge is 0.383 e. The zero-order valence-electron chi connectivity index (χ0n) is 16.0. The SMILES string of the molecule is COCCN1C[C@H]2CC[C@@H]1CN(C(=O)c1cccc(-c3ccccc3)c1)C2. The van der Waals surface area contributed by atoms with Gasteiger partial charge < -0.3 is 9.64 Å². The number of carbonyl (C=O) groups excluding carboxylic acids is 1. The summed E-state index contributed by atoms with van der Waals surface area (Å²) in [5.41, 5.74) is 3.04. The average Bonchev–Trinajstić information content (AvgIpc) is 3.04. The van der Waals surface area contributed by atoms with Crippen LogP contribution in [0.5, 0.6) is 0 Å². The van der Waals surface area contributed by atoms with Crippen LogP contribution in [0.4, 0.5) is 0 Å². The molecule has 4 nitrogen and oxygen atoms in total. The van der Waals surface area contributed by atoms with Crippen molar-refractivity contribution in [1.82, 2.24) is 9.80 Å². The summed E-state index contributed by atoms with van der Waals surface area (Å²) in [6.45, 7) is 4.50. The Morgan fingerprint density at radius 2 is 1.81 bits per heavy atom. The third kappa shape index (κ3) is 4.07. The molecular weight excluding hydrogens is 336 g/mol. The molecule has 0 aromatic heterocycles. The number of amides is 1. The number of piperidine rings is 1. The number of fused-ring (bicyclic) bond motifs is 4. The van der Waals surface area contributed by atoms with E-state index in [0.717, 1.165) is 49.5 Å². The quantitative estimate of drug-likeness (QED) is 0.814. The molecule has 3 aliphatic rings. The van der Waals surface area contributed by atoms with Crippen LogP contribution in [0.3, 0.4) is 0 Å². The molecule has 3 fully saturated rings. The molecule has 3 saturated heterocycles. The van der Waals surface area contributed by atoms with Crippen molar-refractivity contribution < 1.29 is 9.53 Å². The van der Waals surface area contributed by atoms with Gasteiger partial charge in [0.05, 0.1) is 6.61 Å². The summed E-state index contributed by atoms with van der Waals surface area (Å²) >= 11 is 0. The summed E-state index contributed by atoms with van der Waals surface area (Å²) in [5.74, 6) is 0.736. The maximum Gasteiger partial charge on any atom is 0.253 e. The Morgan fingerprint density at radius 3 is 2.63 bits per heavy atom. The van der Waals surface area contributed by atoms with Gasteiger partial charge in [-0.05, 0) is 42.0 Å². The summed E-state index contributed by atoms with van der Waals surface area (Å²) in [7, 11) is 1.76. The van der Waals surface area contributed by atoms with Gasteiger partial charge in [-0.3, -0.25) is 9.69 Å². The van der Waals surface area contributed by atoms with Crippen molar-refractivity contribution in [2.24, 2.45) is 5.92 Å². The lowest BCUT2D eigenvalue weighted by Gasteiger charge is -2.35. The first-order valence-corrected chi connectivity index (χ1v) is 9.92. The number of ether oxygens (including phenoxy) is 1. The number of hydrogen-bond donors (Lipinski definition) is 0. The van der Waals surface area contributed by atoms with Crippen LogP contribution in [0.15, 0.2) is 54.6 Å². The highest BCUT2D eigenvalue weighted by Crippen LogP contribution is 2.29. The van der Waals surface area contributed by atoms with Crippen molar-refractivity contribution in [2.45, 2.75) is 18.9 Å². The van der Waals surface area contributed by atoms with E-state index in [4.69, 9.17) is 4.74 Å². The molecule has 0 unspecified atom stereocenters. The van der Waals surface area contributed by atoms with E-state index in [1.165, 1.54) is 12.8 Å². The van der Waals surface area contributed by atoms with Crippen molar-refractivity contribution in [2.75, 3.05) is 39.9 Å². The number of rotatable bonds is 5. The molecule has 0 aliphatic carbocycles. The van der Waals surface area contributed by atoms with E-state index in [9.17, 15) is 4.79 Å². The molecule has 0 radical (unpaired) electrons. The predicted octanol–water partition coefficient (Wildman–Crippen LogP) is 3.54. The Balaban J connectivity index is 1.52. The van der Waals surface area contributed by atoms with Crippen molar-refractivity contribution in [3.63, 3.8) is 0 Å². The molecule has 2 bridgehead atoms. The van der Waals surface area contributed by atoms with Gasteiger partial charge in [0.2, 0.25) is 0 Å². The van der Waals surface area contributed by atoms with Gasteiger partial charge in [-0.2, -0.15) is 0 Å². The highest BCUT2D eigenvalue weighted by atomic mass is 16.5. The Kier molecular flexibility index (Phi) is 5.55. The standard InChI is InChI=1S/C23H28N2O2/c1-27-13-12-24-15-18-10-11-22(24)17-25(16-18)23(26)21-9-5-8-20(14-21)19-6-3-2-4-7-19/h2-9,14,18,22H,10-13,15-17H2,1H3/t18-,22-/m1/s1. The second-order valence-corrected chi connectivity index (χ2v) is 7.74. The topological polar surface area (TPSA) is 32.8 Å². The maximum absolute atomic E-state index is 13.3. The Labute approximate surface area is 161 Å². The molecular formula is C23H28N2O2. The zero-order chi connectivity index (χ0) is 18.6. The third-order valence-corrected chi connectivity index (χ3v) is 5.91. The minimum Gasteiger partial charge on any atom is -0.383 e. The van der Waals surface area contributed by atoms with Crippen molar-refractivity contribution in [3.8, 4) is 11.1 Å². The average molecular weight is 364 g/mol. The summed E-state index contributed by atoms with van der Waals surface area (Å²) in [6, 6.07) is 18.8. The van der Waals surface area contributed by atoms with Gasteiger partial charge in [-0.25, -0.2) is 0 Å². The minimum absolute atomic E-state index is 0.165.